The van der Waals surface area contributed by atoms with Crippen LogP contribution in [0.5, 0.6) is 0 Å². The molecule has 1 rings (SSSR count). The summed E-state index contributed by atoms with van der Waals surface area (Å²) < 4.78 is 27.4. The van der Waals surface area contributed by atoms with E-state index in [1.165, 1.54) is 0 Å². The third-order valence-electron chi connectivity index (χ3n) is 3.15. The first-order valence-corrected chi connectivity index (χ1v) is 7.19. The highest BCUT2D eigenvalue weighted by atomic mass is 16.7. The normalized spacial score (nSPS) is 29.0. The summed E-state index contributed by atoms with van der Waals surface area (Å²) in [6.45, 7) is 0.120. The second kappa shape index (κ2) is 11.5. The summed E-state index contributed by atoms with van der Waals surface area (Å²) in [5, 5.41) is 10.2. The molecule has 0 amide bonds. The number of ether oxygens (including phenoxy) is 5. The molecule has 6 heteroatoms. The van der Waals surface area contributed by atoms with E-state index in [0.29, 0.717) is 0 Å². The molecule has 1 aliphatic rings. The molecule has 0 saturated carbocycles. The molecular weight excluding hydrogens is 312 g/mol. The average molecular weight is 332 g/mol. The second-order valence-corrected chi connectivity index (χ2v) is 4.72. The number of aliphatic hydroxyl groups is 1. The van der Waals surface area contributed by atoms with E-state index in [4.69, 9.17) is 49.4 Å². The van der Waals surface area contributed by atoms with Gasteiger partial charge in [-0.05, 0) is 0 Å². The summed E-state index contributed by atoms with van der Waals surface area (Å²) in [5.41, 5.74) is 0. The lowest BCUT2D eigenvalue weighted by atomic mass is 9.98. The lowest BCUT2D eigenvalue weighted by Gasteiger charge is -2.43. The van der Waals surface area contributed by atoms with Crippen LogP contribution in [0.15, 0.2) is 0 Å². The Morgan fingerprint density at radius 2 is 1.25 bits per heavy atom. The van der Waals surface area contributed by atoms with E-state index in [1.54, 1.807) is 0 Å². The zero-order valence-electron chi connectivity index (χ0n) is 13.2. The number of terminal acetylenes is 4. The fraction of sp³-hybridized carbons (Fsp3) is 0.556. The Bertz CT molecular complexity index is 532. The van der Waals surface area contributed by atoms with Crippen LogP contribution < -0.4 is 0 Å². The summed E-state index contributed by atoms with van der Waals surface area (Å²) in [4.78, 5) is 0. The Morgan fingerprint density at radius 1 is 0.750 bits per heavy atom. The zero-order valence-corrected chi connectivity index (χ0v) is 13.2. The molecule has 6 nitrogen and oxygen atoms in total. The van der Waals surface area contributed by atoms with Crippen LogP contribution >= 0.6 is 0 Å². The van der Waals surface area contributed by atoms with Crippen molar-refractivity contribution in [2.45, 2.75) is 30.7 Å². The lowest BCUT2D eigenvalue weighted by molar-refractivity contribution is -0.306. The maximum absolute atomic E-state index is 10.2. The van der Waals surface area contributed by atoms with Crippen LogP contribution in [0.3, 0.4) is 0 Å². The predicted molar refractivity (Wildman–Crippen MR) is 86.3 cm³/mol. The quantitative estimate of drug-likeness (QED) is 0.450. The first-order chi connectivity index (χ1) is 11.7. The van der Waals surface area contributed by atoms with Gasteiger partial charge in [-0.2, -0.15) is 0 Å². The minimum absolute atomic E-state index is 0.00747. The molecule has 0 aromatic carbocycles. The topological polar surface area (TPSA) is 66.4 Å². The van der Waals surface area contributed by atoms with Crippen molar-refractivity contribution in [2.75, 3.05) is 33.0 Å². The average Bonchev–Trinajstić information content (AvgIpc) is 2.58. The molecule has 1 saturated heterocycles. The number of hydrogen-bond donors (Lipinski definition) is 1. The third kappa shape index (κ3) is 5.89. The monoisotopic (exact) mass is 332 g/mol. The van der Waals surface area contributed by atoms with Gasteiger partial charge in [-0.15, -0.1) is 25.7 Å². The minimum Gasteiger partial charge on any atom is -0.366 e. The van der Waals surface area contributed by atoms with Crippen LogP contribution in [0.2, 0.25) is 0 Å². The van der Waals surface area contributed by atoms with Gasteiger partial charge in [0.25, 0.3) is 0 Å². The summed E-state index contributed by atoms with van der Waals surface area (Å²) in [7, 11) is 0. The fourth-order valence-electron chi connectivity index (χ4n) is 2.26. The molecular formula is C18H20O6. The van der Waals surface area contributed by atoms with Crippen LogP contribution in [-0.2, 0) is 23.7 Å². The Labute approximate surface area is 142 Å². The van der Waals surface area contributed by atoms with Gasteiger partial charge in [0.05, 0.1) is 6.61 Å². The molecule has 0 radical (unpaired) electrons. The van der Waals surface area contributed by atoms with Crippen molar-refractivity contribution in [3.8, 4) is 49.4 Å². The third-order valence-corrected chi connectivity index (χ3v) is 3.15. The SMILES string of the molecule is C#CCOC[C@H]1O[C@H](O)[C@H](OCC#C)[C@@H](OCC#C)[C@@H]1OCC#C. The van der Waals surface area contributed by atoms with Crippen molar-refractivity contribution in [2.24, 2.45) is 0 Å². The molecule has 1 heterocycles. The number of aliphatic hydroxyl groups excluding tert-OH is 1. The van der Waals surface area contributed by atoms with Gasteiger partial charge in [0, 0.05) is 0 Å². The largest absolute Gasteiger partial charge is 0.366 e. The molecule has 0 aromatic heterocycles. The van der Waals surface area contributed by atoms with E-state index in [0.717, 1.165) is 0 Å². The van der Waals surface area contributed by atoms with Gasteiger partial charge in [-0.3, -0.25) is 0 Å². The maximum Gasteiger partial charge on any atom is 0.184 e. The molecule has 24 heavy (non-hydrogen) atoms. The zero-order chi connectivity index (χ0) is 17.8. The van der Waals surface area contributed by atoms with Crippen LogP contribution in [0.4, 0.5) is 0 Å². The van der Waals surface area contributed by atoms with Gasteiger partial charge in [0.15, 0.2) is 6.29 Å². The van der Waals surface area contributed by atoms with Crippen LogP contribution in [0, 0.1) is 49.4 Å². The van der Waals surface area contributed by atoms with Gasteiger partial charge < -0.3 is 28.8 Å². The van der Waals surface area contributed by atoms with Crippen molar-refractivity contribution in [3.05, 3.63) is 0 Å². The molecule has 1 fully saturated rings. The first kappa shape index (κ1) is 20.0. The standard InChI is InChI=1S/C18H20O6/c1-5-9-20-13-14-15(21-10-6-2)16(22-11-7-3)17(18(19)24-14)23-12-8-4/h1-4,14-19H,9-13H2/t14-,15-,16+,17-,18+/m1/s1. The molecule has 0 aliphatic carbocycles. The number of rotatable bonds is 9. The summed E-state index contributed by atoms with van der Waals surface area (Å²) in [6, 6.07) is 0. The second-order valence-electron chi connectivity index (χ2n) is 4.72. The highest BCUT2D eigenvalue weighted by Gasteiger charge is 2.47. The molecule has 1 N–H and O–H groups in total. The van der Waals surface area contributed by atoms with Crippen LogP contribution in [0.1, 0.15) is 0 Å². The van der Waals surface area contributed by atoms with E-state index < -0.39 is 30.7 Å². The maximum atomic E-state index is 10.2. The van der Waals surface area contributed by atoms with Gasteiger partial charge in [-0.25, -0.2) is 0 Å². The van der Waals surface area contributed by atoms with Gasteiger partial charge in [-0.1, -0.05) is 23.7 Å². The molecule has 0 unspecified atom stereocenters. The lowest BCUT2D eigenvalue weighted by Crippen LogP contribution is -2.61. The Hall–Kier alpha value is -2.00. The molecule has 128 valence electrons. The highest BCUT2D eigenvalue weighted by molar-refractivity contribution is 4.97. The fourth-order valence-corrected chi connectivity index (χ4v) is 2.26. The van der Waals surface area contributed by atoms with Crippen molar-refractivity contribution in [3.63, 3.8) is 0 Å². The summed E-state index contributed by atoms with van der Waals surface area (Å²) >= 11 is 0. The number of hydrogen-bond acceptors (Lipinski definition) is 6. The van der Waals surface area contributed by atoms with Crippen molar-refractivity contribution >= 4 is 0 Å². The van der Waals surface area contributed by atoms with E-state index >= 15 is 0 Å². The minimum atomic E-state index is -1.30. The van der Waals surface area contributed by atoms with E-state index in [2.05, 4.69) is 23.7 Å². The van der Waals surface area contributed by atoms with Crippen molar-refractivity contribution in [1.29, 1.82) is 0 Å². The summed E-state index contributed by atoms with van der Waals surface area (Å²) in [5.74, 6) is 9.38. The molecule has 0 aromatic rings. The van der Waals surface area contributed by atoms with Gasteiger partial charge in [0.2, 0.25) is 0 Å². The molecule has 0 spiro atoms. The highest BCUT2D eigenvalue weighted by Crippen LogP contribution is 2.27. The molecule has 0 bridgehead atoms. The van der Waals surface area contributed by atoms with Gasteiger partial charge >= 0.3 is 0 Å². The van der Waals surface area contributed by atoms with Crippen LogP contribution in [-0.4, -0.2) is 68.8 Å². The summed E-state index contributed by atoms with van der Waals surface area (Å²) in [6.07, 6.45) is 16.5. The van der Waals surface area contributed by atoms with Crippen molar-refractivity contribution in [1.82, 2.24) is 0 Å². The van der Waals surface area contributed by atoms with Gasteiger partial charge in [0.1, 0.15) is 50.8 Å². The van der Waals surface area contributed by atoms with Crippen LogP contribution in [0.25, 0.3) is 0 Å². The Balaban J connectivity index is 2.94. The van der Waals surface area contributed by atoms with E-state index in [9.17, 15) is 5.11 Å². The Kier molecular flexibility index (Phi) is 9.62. The molecule has 5 atom stereocenters. The predicted octanol–water partition coefficient (Wildman–Crippen LogP) is -0.591. The smallest absolute Gasteiger partial charge is 0.184 e. The van der Waals surface area contributed by atoms with Crippen molar-refractivity contribution < 1.29 is 28.8 Å². The van der Waals surface area contributed by atoms with E-state index in [1.807, 2.05) is 0 Å². The Morgan fingerprint density at radius 3 is 1.79 bits per heavy atom. The van der Waals surface area contributed by atoms with E-state index in [-0.39, 0.29) is 33.0 Å². The first-order valence-electron chi connectivity index (χ1n) is 7.19. The molecule has 1 aliphatic heterocycles.